The molecule has 3 heteroatoms. The van der Waals surface area contributed by atoms with Crippen molar-refractivity contribution in [3.63, 3.8) is 0 Å². The Labute approximate surface area is 129 Å². The van der Waals surface area contributed by atoms with E-state index in [-0.39, 0.29) is 11.9 Å². The second-order valence-corrected chi connectivity index (χ2v) is 6.53. The first kappa shape index (κ1) is 18.0. The van der Waals surface area contributed by atoms with Gasteiger partial charge in [0.2, 0.25) is 0 Å². The van der Waals surface area contributed by atoms with E-state index >= 15 is 0 Å². The molecule has 0 aliphatic heterocycles. The minimum Gasteiger partial charge on any atom is -0.366 e. The Balaban J connectivity index is 2.94. The van der Waals surface area contributed by atoms with E-state index in [0.29, 0.717) is 17.6 Å². The molecule has 0 aliphatic rings. The van der Waals surface area contributed by atoms with Gasteiger partial charge < -0.3 is 10.2 Å². The first-order valence-electron chi connectivity index (χ1n) is 8.16. The smallest absolute Gasteiger partial charge is 0.146 e. The molecule has 0 bridgehead atoms. The standard InChI is InChI=1S/C18H31FN2/c1-7-10-20-15(6)16-8-9-18(17(19)11-16)21(14(4)5)12-13(2)3/h8-9,11,13-15,20H,7,10,12H2,1-6H3. The van der Waals surface area contributed by atoms with Crippen LogP contribution in [-0.4, -0.2) is 19.1 Å². The number of hydrogen-bond acceptors (Lipinski definition) is 2. The van der Waals surface area contributed by atoms with Gasteiger partial charge >= 0.3 is 0 Å². The molecule has 21 heavy (non-hydrogen) atoms. The van der Waals surface area contributed by atoms with Crippen molar-refractivity contribution in [3.05, 3.63) is 29.6 Å². The van der Waals surface area contributed by atoms with E-state index in [1.54, 1.807) is 6.07 Å². The van der Waals surface area contributed by atoms with Crippen LogP contribution < -0.4 is 10.2 Å². The quantitative estimate of drug-likeness (QED) is 0.744. The molecule has 0 heterocycles. The van der Waals surface area contributed by atoms with E-state index in [1.807, 2.05) is 12.1 Å². The van der Waals surface area contributed by atoms with Crippen LogP contribution in [-0.2, 0) is 0 Å². The first-order chi connectivity index (χ1) is 9.86. The number of rotatable bonds is 8. The Morgan fingerprint density at radius 1 is 1.14 bits per heavy atom. The maximum atomic E-state index is 14.5. The molecule has 1 unspecified atom stereocenters. The van der Waals surface area contributed by atoms with E-state index < -0.39 is 0 Å². The molecule has 0 fully saturated rings. The summed E-state index contributed by atoms with van der Waals surface area (Å²) in [5.41, 5.74) is 1.73. The van der Waals surface area contributed by atoms with Crippen molar-refractivity contribution < 1.29 is 4.39 Å². The predicted octanol–water partition coefficient (Wildman–Crippen LogP) is 4.76. The summed E-state index contributed by atoms with van der Waals surface area (Å²) in [5, 5.41) is 3.40. The summed E-state index contributed by atoms with van der Waals surface area (Å²) < 4.78 is 14.5. The Bertz CT molecular complexity index is 429. The lowest BCUT2D eigenvalue weighted by Crippen LogP contribution is -2.34. The molecule has 1 aromatic carbocycles. The van der Waals surface area contributed by atoms with Crippen LogP contribution in [0.2, 0.25) is 0 Å². The van der Waals surface area contributed by atoms with E-state index in [2.05, 4.69) is 51.8 Å². The van der Waals surface area contributed by atoms with Gasteiger partial charge in [0, 0.05) is 18.6 Å². The second kappa shape index (κ2) is 8.38. The highest BCUT2D eigenvalue weighted by molar-refractivity contribution is 5.50. The van der Waals surface area contributed by atoms with Crippen LogP contribution in [0.25, 0.3) is 0 Å². The summed E-state index contributed by atoms with van der Waals surface area (Å²) in [6.45, 7) is 14.6. The summed E-state index contributed by atoms with van der Waals surface area (Å²) >= 11 is 0. The van der Waals surface area contributed by atoms with Gasteiger partial charge in [-0.3, -0.25) is 0 Å². The van der Waals surface area contributed by atoms with Gasteiger partial charge in [0.15, 0.2) is 0 Å². The number of nitrogens with one attached hydrogen (secondary N) is 1. The molecule has 0 saturated carbocycles. The molecule has 0 spiro atoms. The van der Waals surface area contributed by atoms with Gasteiger partial charge in [-0.05, 0) is 57.4 Å². The molecule has 1 N–H and O–H groups in total. The van der Waals surface area contributed by atoms with Crippen molar-refractivity contribution in [1.29, 1.82) is 0 Å². The summed E-state index contributed by atoms with van der Waals surface area (Å²) in [4.78, 5) is 2.15. The van der Waals surface area contributed by atoms with Gasteiger partial charge in [0.05, 0.1) is 5.69 Å². The highest BCUT2D eigenvalue weighted by Crippen LogP contribution is 2.26. The first-order valence-corrected chi connectivity index (χ1v) is 8.16. The van der Waals surface area contributed by atoms with Crippen molar-refractivity contribution >= 4 is 5.69 Å². The zero-order valence-corrected chi connectivity index (χ0v) is 14.4. The summed E-state index contributed by atoms with van der Waals surface area (Å²) in [5.74, 6) is 0.392. The highest BCUT2D eigenvalue weighted by Gasteiger charge is 2.17. The van der Waals surface area contributed by atoms with E-state index in [4.69, 9.17) is 0 Å². The number of benzene rings is 1. The number of anilines is 1. The maximum absolute atomic E-state index is 14.5. The average Bonchev–Trinajstić information content (AvgIpc) is 2.42. The van der Waals surface area contributed by atoms with Crippen molar-refractivity contribution in [2.45, 2.75) is 60.0 Å². The van der Waals surface area contributed by atoms with Crippen LogP contribution >= 0.6 is 0 Å². The van der Waals surface area contributed by atoms with E-state index in [0.717, 1.165) is 25.1 Å². The molecule has 0 amide bonds. The van der Waals surface area contributed by atoms with Crippen LogP contribution in [0.15, 0.2) is 18.2 Å². The Kier molecular flexibility index (Phi) is 7.16. The normalized spacial score (nSPS) is 13.0. The van der Waals surface area contributed by atoms with Crippen molar-refractivity contribution in [3.8, 4) is 0 Å². The lowest BCUT2D eigenvalue weighted by atomic mass is 10.1. The third-order valence-electron chi connectivity index (χ3n) is 3.67. The molecule has 0 radical (unpaired) electrons. The molecule has 1 rings (SSSR count). The lowest BCUT2D eigenvalue weighted by molar-refractivity contribution is 0.542. The second-order valence-electron chi connectivity index (χ2n) is 6.53. The molecule has 1 aromatic rings. The van der Waals surface area contributed by atoms with Crippen LogP contribution in [0.5, 0.6) is 0 Å². The lowest BCUT2D eigenvalue weighted by Gasteiger charge is -2.31. The van der Waals surface area contributed by atoms with Crippen LogP contribution in [0.3, 0.4) is 0 Å². The predicted molar refractivity (Wildman–Crippen MR) is 90.4 cm³/mol. The monoisotopic (exact) mass is 294 g/mol. The molecule has 120 valence electrons. The molecular weight excluding hydrogens is 263 g/mol. The molecule has 0 aliphatic carbocycles. The topological polar surface area (TPSA) is 15.3 Å². The number of nitrogens with zero attached hydrogens (tertiary/aromatic N) is 1. The summed E-state index contributed by atoms with van der Waals surface area (Å²) in [6.07, 6.45) is 1.08. The Morgan fingerprint density at radius 3 is 2.29 bits per heavy atom. The van der Waals surface area contributed by atoms with Crippen molar-refractivity contribution in [2.75, 3.05) is 18.0 Å². The Morgan fingerprint density at radius 2 is 1.81 bits per heavy atom. The van der Waals surface area contributed by atoms with Crippen molar-refractivity contribution in [1.82, 2.24) is 5.32 Å². The fourth-order valence-electron chi connectivity index (χ4n) is 2.48. The highest BCUT2D eigenvalue weighted by atomic mass is 19.1. The SMILES string of the molecule is CCCNC(C)c1ccc(N(CC(C)C)C(C)C)c(F)c1. The largest absolute Gasteiger partial charge is 0.366 e. The Hall–Kier alpha value is -1.09. The maximum Gasteiger partial charge on any atom is 0.146 e. The van der Waals surface area contributed by atoms with Crippen LogP contribution in [0, 0.1) is 11.7 Å². The van der Waals surface area contributed by atoms with Crippen LogP contribution in [0.4, 0.5) is 10.1 Å². The minimum absolute atomic E-state index is 0.119. The van der Waals surface area contributed by atoms with E-state index in [9.17, 15) is 4.39 Å². The third kappa shape index (κ3) is 5.31. The minimum atomic E-state index is -0.119. The molecule has 2 nitrogen and oxygen atoms in total. The molecule has 0 aromatic heterocycles. The van der Waals surface area contributed by atoms with E-state index in [1.165, 1.54) is 0 Å². The molecular formula is C18H31FN2. The van der Waals surface area contributed by atoms with Gasteiger partial charge in [-0.2, -0.15) is 0 Å². The third-order valence-corrected chi connectivity index (χ3v) is 3.67. The molecule has 1 atom stereocenters. The van der Waals surface area contributed by atoms with Gasteiger partial charge in [0.1, 0.15) is 5.82 Å². The van der Waals surface area contributed by atoms with Crippen molar-refractivity contribution in [2.24, 2.45) is 5.92 Å². The summed E-state index contributed by atoms with van der Waals surface area (Å²) in [7, 11) is 0. The zero-order valence-electron chi connectivity index (χ0n) is 14.4. The van der Waals surface area contributed by atoms with Crippen LogP contribution in [0.1, 0.15) is 59.6 Å². The molecule has 0 saturated heterocycles. The zero-order chi connectivity index (χ0) is 16.0. The van der Waals surface area contributed by atoms with Gasteiger partial charge in [0.25, 0.3) is 0 Å². The number of halogens is 1. The van der Waals surface area contributed by atoms with Gasteiger partial charge in [-0.15, -0.1) is 0 Å². The average molecular weight is 294 g/mol. The van der Waals surface area contributed by atoms with Gasteiger partial charge in [-0.1, -0.05) is 26.8 Å². The number of hydrogen-bond donors (Lipinski definition) is 1. The van der Waals surface area contributed by atoms with Gasteiger partial charge in [-0.25, -0.2) is 4.39 Å². The fourth-order valence-corrected chi connectivity index (χ4v) is 2.48. The summed E-state index contributed by atoms with van der Waals surface area (Å²) in [6, 6.07) is 6.13. The fraction of sp³-hybridized carbons (Fsp3) is 0.667.